The SMILES string of the molecule is CC(C)N1OCC(O)C(N=[N+]=[N-])C1=O. The van der Waals surface area contributed by atoms with Crippen LogP contribution < -0.4 is 0 Å². The van der Waals surface area contributed by atoms with Gasteiger partial charge in [-0.15, -0.1) is 0 Å². The van der Waals surface area contributed by atoms with Crippen LogP contribution in [-0.4, -0.2) is 40.9 Å². The van der Waals surface area contributed by atoms with E-state index in [0.717, 1.165) is 5.06 Å². The molecular formula is C7H12N4O3. The molecule has 0 aromatic rings. The monoisotopic (exact) mass is 200 g/mol. The van der Waals surface area contributed by atoms with E-state index in [0.29, 0.717) is 0 Å². The van der Waals surface area contributed by atoms with Gasteiger partial charge in [0.2, 0.25) is 0 Å². The van der Waals surface area contributed by atoms with E-state index < -0.39 is 18.1 Å². The standard InChI is InChI=1S/C7H12N4O3/c1-4(2)11-7(13)6(9-10-8)5(12)3-14-11/h4-6,12H,3H2,1-2H3. The van der Waals surface area contributed by atoms with Crippen LogP contribution in [0.2, 0.25) is 0 Å². The van der Waals surface area contributed by atoms with Gasteiger partial charge < -0.3 is 5.11 Å². The summed E-state index contributed by atoms with van der Waals surface area (Å²) in [6.07, 6.45) is -1.06. The Bertz CT molecular complexity index is 274. The molecule has 0 bridgehead atoms. The Morgan fingerprint density at radius 2 is 2.43 bits per heavy atom. The third kappa shape index (κ3) is 1.95. The van der Waals surface area contributed by atoms with Crippen LogP contribution in [0.3, 0.4) is 0 Å². The van der Waals surface area contributed by atoms with Crippen LogP contribution in [0.15, 0.2) is 5.11 Å². The van der Waals surface area contributed by atoms with Crippen molar-refractivity contribution in [2.75, 3.05) is 6.61 Å². The molecule has 1 amide bonds. The van der Waals surface area contributed by atoms with E-state index in [-0.39, 0.29) is 12.6 Å². The number of amides is 1. The quantitative estimate of drug-likeness (QED) is 0.391. The highest BCUT2D eigenvalue weighted by Gasteiger charge is 2.37. The normalized spacial score (nSPS) is 27.7. The Morgan fingerprint density at radius 3 is 2.93 bits per heavy atom. The number of aliphatic hydroxyl groups excluding tert-OH is 1. The molecule has 0 radical (unpaired) electrons. The molecule has 14 heavy (non-hydrogen) atoms. The van der Waals surface area contributed by atoms with Gasteiger partial charge in [-0.05, 0) is 19.4 Å². The largest absolute Gasteiger partial charge is 0.390 e. The van der Waals surface area contributed by atoms with E-state index in [1.54, 1.807) is 13.8 Å². The predicted molar refractivity (Wildman–Crippen MR) is 46.9 cm³/mol. The van der Waals surface area contributed by atoms with E-state index >= 15 is 0 Å². The maximum Gasteiger partial charge on any atom is 0.258 e. The van der Waals surface area contributed by atoms with Gasteiger partial charge >= 0.3 is 0 Å². The summed E-state index contributed by atoms with van der Waals surface area (Å²) in [4.78, 5) is 19.1. The Balaban J connectivity index is 2.82. The zero-order valence-corrected chi connectivity index (χ0v) is 7.99. The van der Waals surface area contributed by atoms with Gasteiger partial charge in [0.1, 0.15) is 12.6 Å². The molecule has 1 fully saturated rings. The molecule has 1 heterocycles. The first-order chi connectivity index (χ1) is 6.57. The Kier molecular flexibility index (Phi) is 3.29. The second kappa shape index (κ2) is 4.28. The molecule has 1 saturated heterocycles. The van der Waals surface area contributed by atoms with Crippen molar-refractivity contribution in [1.29, 1.82) is 0 Å². The molecule has 0 aliphatic carbocycles. The summed E-state index contributed by atoms with van der Waals surface area (Å²) in [6.45, 7) is 3.50. The summed E-state index contributed by atoms with van der Waals surface area (Å²) < 4.78 is 0. The summed E-state index contributed by atoms with van der Waals surface area (Å²) >= 11 is 0. The predicted octanol–water partition coefficient (Wildman–Crippen LogP) is 0.208. The summed E-state index contributed by atoms with van der Waals surface area (Å²) in [5, 5.41) is 13.7. The van der Waals surface area contributed by atoms with E-state index in [9.17, 15) is 9.90 Å². The molecule has 7 heteroatoms. The lowest BCUT2D eigenvalue weighted by Gasteiger charge is -2.34. The Morgan fingerprint density at radius 1 is 1.79 bits per heavy atom. The molecule has 1 rings (SSSR count). The number of rotatable bonds is 2. The molecule has 0 aromatic carbocycles. The topological polar surface area (TPSA) is 98.5 Å². The molecule has 2 unspecified atom stereocenters. The van der Waals surface area contributed by atoms with Crippen molar-refractivity contribution >= 4 is 5.91 Å². The second-order valence-electron chi connectivity index (χ2n) is 3.27. The van der Waals surface area contributed by atoms with Crippen LogP contribution >= 0.6 is 0 Å². The van der Waals surface area contributed by atoms with E-state index in [1.807, 2.05) is 0 Å². The molecule has 0 spiro atoms. The number of carbonyl (C=O) groups is 1. The first kappa shape index (κ1) is 10.8. The fourth-order valence-corrected chi connectivity index (χ4v) is 1.19. The number of hydrogen-bond donors (Lipinski definition) is 1. The molecule has 1 aliphatic rings. The van der Waals surface area contributed by atoms with Gasteiger partial charge in [-0.25, -0.2) is 5.06 Å². The average molecular weight is 200 g/mol. The summed E-state index contributed by atoms with van der Waals surface area (Å²) in [6, 6.07) is -1.22. The minimum atomic E-state index is -1.07. The first-order valence-electron chi connectivity index (χ1n) is 4.26. The number of hydrogen-bond acceptors (Lipinski definition) is 4. The van der Waals surface area contributed by atoms with Crippen molar-refractivity contribution in [2.45, 2.75) is 32.0 Å². The molecule has 0 aromatic heterocycles. The zero-order chi connectivity index (χ0) is 10.7. The van der Waals surface area contributed by atoms with Crippen LogP contribution in [0.25, 0.3) is 10.4 Å². The minimum Gasteiger partial charge on any atom is -0.390 e. The Labute approximate surface area is 80.8 Å². The number of nitrogens with zero attached hydrogens (tertiary/aromatic N) is 4. The lowest BCUT2D eigenvalue weighted by atomic mass is 10.1. The smallest absolute Gasteiger partial charge is 0.258 e. The molecular weight excluding hydrogens is 188 g/mol. The van der Waals surface area contributed by atoms with Crippen LogP contribution in [0, 0.1) is 0 Å². The van der Waals surface area contributed by atoms with Gasteiger partial charge in [-0.1, -0.05) is 5.11 Å². The molecule has 7 nitrogen and oxygen atoms in total. The van der Waals surface area contributed by atoms with Crippen molar-refractivity contribution in [1.82, 2.24) is 5.06 Å². The van der Waals surface area contributed by atoms with Gasteiger partial charge in [0.25, 0.3) is 5.91 Å². The number of hydroxylamine groups is 2. The third-order valence-electron chi connectivity index (χ3n) is 1.86. The van der Waals surface area contributed by atoms with Gasteiger partial charge in [0.15, 0.2) is 0 Å². The lowest BCUT2D eigenvalue weighted by Crippen LogP contribution is -2.53. The summed E-state index contributed by atoms with van der Waals surface area (Å²) in [7, 11) is 0. The average Bonchev–Trinajstić information content (AvgIpc) is 2.11. The third-order valence-corrected chi connectivity index (χ3v) is 1.86. The molecule has 78 valence electrons. The van der Waals surface area contributed by atoms with E-state index in [1.165, 1.54) is 0 Å². The van der Waals surface area contributed by atoms with Gasteiger partial charge in [-0.2, -0.15) is 0 Å². The van der Waals surface area contributed by atoms with Crippen molar-refractivity contribution in [2.24, 2.45) is 5.11 Å². The molecule has 1 N–H and O–H groups in total. The summed E-state index contributed by atoms with van der Waals surface area (Å²) in [5.41, 5.74) is 8.21. The van der Waals surface area contributed by atoms with Gasteiger partial charge in [0.05, 0.1) is 12.1 Å². The van der Waals surface area contributed by atoms with Crippen molar-refractivity contribution < 1.29 is 14.7 Å². The first-order valence-corrected chi connectivity index (χ1v) is 4.26. The van der Waals surface area contributed by atoms with E-state index in [4.69, 9.17) is 10.4 Å². The van der Waals surface area contributed by atoms with Crippen LogP contribution in [0.1, 0.15) is 13.8 Å². The van der Waals surface area contributed by atoms with E-state index in [2.05, 4.69) is 10.0 Å². The molecule has 2 atom stereocenters. The fourth-order valence-electron chi connectivity index (χ4n) is 1.19. The van der Waals surface area contributed by atoms with Crippen molar-refractivity contribution in [3.63, 3.8) is 0 Å². The highest BCUT2D eigenvalue weighted by atomic mass is 16.7. The zero-order valence-electron chi connectivity index (χ0n) is 7.99. The number of aliphatic hydroxyl groups is 1. The van der Waals surface area contributed by atoms with Crippen molar-refractivity contribution in [3.05, 3.63) is 10.4 Å². The van der Waals surface area contributed by atoms with Gasteiger partial charge in [0, 0.05) is 4.91 Å². The highest BCUT2D eigenvalue weighted by Crippen LogP contribution is 2.15. The maximum atomic E-state index is 11.5. The fraction of sp³-hybridized carbons (Fsp3) is 0.857. The lowest BCUT2D eigenvalue weighted by molar-refractivity contribution is -0.227. The Hall–Kier alpha value is -1.30. The van der Waals surface area contributed by atoms with Crippen LogP contribution in [0.5, 0.6) is 0 Å². The van der Waals surface area contributed by atoms with Crippen LogP contribution in [-0.2, 0) is 9.63 Å². The van der Waals surface area contributed by atoms with Crippen LogP contribution in [0.4, 0.5) is 0 Å². The maximum absolute atomic E-state index is 11.5. The van der Waals surface area contributed by atoms with Crippen molar-refractivity contribution in [3.8, 4) is 0 Å². The summed E-state index contributed by atoms with van der Waals surface area (Å²) in [5.74, 6) is -0.503. The number of carbonyl (C=O) groups excluding carboxylic acids is 1. The molecule has 1 aliphatic heterocycles. The number of azide groups is 1. The highest BCUT2D eigenvalue weighted by molar-refractivity contribution is 5.82. The molecule has 0 saturated carbocycles. The second-order valence-corrected chi connectivity index (χ2v) is 3.27. The van der Waals surface area contributed by atoms with Gasteiger partial charge in [-0.3, -0.25) is 9.63 Å². The minimum absolute atomic E-state index is 0.0341.